The second-order valence-corrected chi connectivity index (χ2v) is 9.03. The molecule has 0 saturated carbocycles. The molecule has 0 amide bonds. The summed E-state index contributed by atoms with van der Waals surface area (Å²) < 4.78 is 3.89. The standard InChI is InChI=1S/C26H27N9/c1-2-19-14-28-26(29-15-19)33-10-7-20(8-11-33)22-3-4-23(27-16-22)17-34-12-9-21-13-24(5-6-25(21)34)35-18-30-31-32-35/h3-6,9,12-16,18,20H,2,7-8,10-11,17H2,1H3. The molecule has 0 aliphatic carbocycles. The van der Waals surface area contributed by atoms with Crippen molar-refractivity contribution in [1.29, 1.82) is 0 Å². The van der Waals surface area contributed by atoms with Gasteiger partial charge in [-0.1, -0.05) is 13.0 Å². The van der Waals surface area contributed by atoms with Crippen LogP contribution in [0.5, 0.6) is 0 Å². The predicted octanol–water partition coefficient (Wildman–Crippen LogP) is 3.80. The van der Waals surface area contributed by atoms with Crippen LogP contribution in [-0.4, -0.2) is 52.8 Å². The van der Waals surface area contributed by atoms with Crippen LogP contribution in [0.2, 0.25) is 0 Å². The second-order valence-electron chi connectivity index (χ2n) is 9.03. The summed E-state index contributed by atoms with van der Waals surface area (Å²) in [4.78, 5) is 16.2. The van der Waals surface area contributed by atoms with Crippen LogP contribution in [0.3, 0.4) is 0 Å². The quantitative estimate of drug-likeness (QED) is 0.377. The van der Waals surface area contributed by atoms with Crippen molar-refractivity contribution in [1.82, 2.24) is 39.7 Å². The minimum Gasteiger partial charge on any atom is -0.341 e. The highest BCUT2D eigenvalue weighted by Gasteiger charge is 2.22. The summed E-state index contributed by atoms with van der Waals surface area (Å²) in [7, 11) is 0. The van der Waals surface area contributed by atoms with Crippen molar-refractivity contribution in [2.45, 2.75) is 38.6 Å². The van der Waals surface area contributed by atoms with Crippen molar-refractivity contribution in [2.75, 3.05) is 18.0 Å². The number of fused-ring (bicyclic) bond motifs is 1. The maximum atomic E-state index is 4.80. The van der Waals surface area contributed by atoms with E-state index in [4.69, 9.17) is 4.98 Å². The van der Waals surface area contributed by atoms with Crippen molar-refractivity contribution in [3.05, 3.63) is 84.3 Å². The first-order valence-corrected chi connectivity index (χ1v) is 12.1. The molecule has 35 heavy (non-hydrogen) atoms. The molecule has 0 bridgehead atoms. The summed E-state index contributed by atoms with van der Waals surface area (Å²) in [5.74, 6) is 1.37. The first-order valence-electron chi connectivity index (χ1n) is 12.1. The van der Waals surface area contributed by atoms with E-state index in [1.807, 2.05) is 18.5 Å². The second kappa shape index (κ2) is 9.25. The molecule has 1 saturated heterocycles. The number of hydrogen-bond donors (Lipinski definition) is 0. The average Bonchev–Trinajstić information content (AvgIpc) is 3.60. The first-order chi connectivity index (χ1) is 17.3. The molecule has 1 fully saturated rings. The van der Waals surface area contributed by atoms with E-state index in [2.05, 4.69) is 84.6 Å². The topological polar surface area (TPSA) is 90.4 Å². The molecule has 1 aromatic carbocycles. The SMILES string of the molecule is CCc1cnc(N2CCC(c3ccc(Cn4ccc5cc(-n6cnnn6)ccc54)nc3)CC2)nc1. The van der Waals surface area contributed by atoms with E-state index in [0.29, 0.717) is 5.92 Å². The molecule has 5 heterocycles. The maximum absolute atomic E-state index is 4.80. The lowest BCUT2D eigenvalue weighted by Crippen LogP contribution is -2.34. The molecule has 0 spiro atoms. The number of aryl methyl sites for hydroxylation is 1. The van der Waals surface area contributed by atoms with Gasteiger partial charge in [-0.3, -0.25) is 4.98 Å². The summed E-state index contributed by atoms with van der Waals surface area (Å²) in [6, 6.07) is 12.8. The van der Waals surface area contributed by atoms with Gasteiger partial charge in [0.1, 0.15) is 6.33 Å². The Bertz CT molecular complexity index is 1400. The van der Waals surface area contributed by atoms with Crippen molar-refractivity contribution >= 4 is 16.9 Å². The van der Waals surface area contributed by atoms with Crippen LogP contribution in [0.15, 0.2) is 67.5 Å². The third-order valence-corrected chi connectivity index (χ3v) is 6.90. The zero-order chi connectivity index (χ0) is 23.6. The Hall–Kier alpha value is -4.14. The summed E-state index contributed by atoms with van der Waals surface area (Å²) in [5, 5.41) is 12.5. The van der Waals surface area contributed by atoms with E-state index in [9.17, 15) is 0 Å². The van der Waals surface area contributed by atoms with Gasteiger partial charge in [-0.2, -0.15) is 0 Å². The van der Waals surface area contributed by atoms with E-state index < -0.39 is 0 Å². The summed E-state index contributed by atoms with van der Waals surface area (Å²) in [5.41, 5.74) is 5.65. The molecule has 1 aliphatic rings. The van der Waals surface area contributed by atoms with Gasteiger partial charge in [0.2, 0.25) is 5.95 Å². The van der Waals surface area contributed by atoms with Crippen LogP contribution in [0.1, 0.15) is 42.5 Å². The zero-order valence-electron chi connectivity index (χ0n) is 19.7. The molecule has 0 unspecified atom stereocenters. The molecule has 4 aromatic heterocycles. The number of aromatic nitrogens is 8. The van der Waals surface area contributed by atoms with E-state index in [1.54, 1.807) is 11.0 Å². The van der Waals surface area contributed by atoms with E-state index in [1.165, 1.54) is 11.1 Å². The number of benzene rings is 1. The third kappa shape index (κ3) is 4.37. The fourth-order valence-electron chi connectivity index (χ4n) is 4.80. The Morgan fingerprint density at radius 1 is 0.943 bits per heavy atom. The van der Waals surface area contributed by atoms with E-state index in [0.717, 1.165) is 67.1 Å². The van der Waals surface area contributed by atoms with Crippen LogP contribution < -0.4 is 4.90 Å². The van der Waals surface area contributed by atoms with Crippen LogP contribution in [0, 0.1) is 0 Å². The number of hydrogen-bond acceptors (Lipinski definition) is 7. The van der Waals surface area contributed by atoms with Gasteiger partial charge in [-0.05, 0) is 77.1 Å². The highest BCUT2D eigenvalue weighted by Crippen LogP contribution is 2.29. The Balaban J connectivity index is 1.10. The van der Waals surface area contributed by atoms with Gasteiger partial charge in [0.25, 0.3) is 0 Å². The molecule has 176 valence electrons. The Labute approximate surface area is 203 Å². The first kappa shape index (κ1) is 21.4. The molecule has 9 heteroatoms. The van der Waals surface area contributed by atoms with Crippen LogP contribution >= 0.6 is 0 Å². The van der Waals surface area contributed by atoms with Gasteiger partial charge in [-0.15, -0.1) is 5.10 Å². The molecule has 0 atom stereocenters. The molecule has 1 aliphatic heterocycles. The molecular weight excluding hydrogens is 438 g/mol. The number of anilines is 1. The Kier molecular flexibility index (Phi) is 5.65. The van der Waals surface area contributed by atoms with Crippen molar-refractivity contribution in [3.63, 3.8) is 0 Å². The number of pyridine rings is 1. The van der Waals surface area contributed by atoms with Gasteiger partial charge in [0.05, 0.1) is 17.9 Å². The molecule has 9 nitrogen and oxygen atoms in total. The van der Waals surface area contributed by atoms with Gasteiger partial charge in [0.15, 0.2) is 0 Å². The largest absolute Gasteiger partial charge is 0.341 e. The number of tetrazole rings is 1. The van der Waals surface area contributed by atoms with Gasteiger partial charge < -0.3 is 9.47 Å². The summed E-state index contributed by atoms with van der Waals surface area (Å²) in [6.07, 6.45) is 12.8. The number of piperidine rings is 1. The van der Waals surface area contributed by atoms with E-state index in [-0.39, 0.29) is 0 Å². The summed E-state index contributed by atoms with van der Waals surface area (Å²) in [6.45, 7) is 4.80. The number of nitrogens with zero attached hydrogens (tertiary/aromatic N) is 9. The lowest BCUT2D eigenvalue weighted by molar-refractivity contribution is 0.498. The van der Waals surface area contributed by atoms with Crippen molar-refractivity contribution < 1.29 is 0 Å². The summed E-state index contributed by atoms with van der Waals surface area (Å²) >= 11 is 0. The normalized spacial score (nSPS) is 14.6. The van der Waals surface area contributed by atoms with Gasteiger partial charge in [-0.25, -0.2) is 14.6 Å². The average molecular weight is 466 g/mol. The molecule has 6 rings (SSSR count). The van der Waals surface area contributed by atoms with Gasteiger partial charge >= 0.3 is 0 Å². The minimum absolute atomic E-state index is 0.528. The lowest BCUT2D eigenvalue weighted by atomic mass is 9.90. The smallest absolute Gasteiger partial charge is 0.225 e. The minimum atomic E-state index is 0.528. The van der Waals surface area contributed by atoms with Gasteiger partial charge in [0, 0.05) is 48.8 Å². The van der Waals surface area contributed by atoms with Crippen LogP contribution in [0.4, 0.5) is 5.95 Å². The molecular formula is C26H27N9. The van der Waals surface area contributed by atoms with Crippen molar-refractivity contribution in [3.8, 4) is 5.69 Å². The third-order valence-electron chi connectivity index (χ3n) is 6.90. The van der Waals surface area contributed by atoms with Crippen LogP contribution in [0.25, 0.3) is 16.6 Å². The van der Waals surface area contributed by atoms with E-state index >= 15 is 0 Å². The van der Waals surface area contributed by atoms with Crippen molar-refractivity contribution in [2.24, 2.45) is 0 Å². The maximum Gasteiger partial charge on any atom is 0.225 e. The number of rotatable bonds is 6. The Morgan fingerprint density at radius 3 is 2.51 bits per heavy atom. The van der Waals surface area contributed by atoms with Crippen LogP contribution in [-0.2, 0) is 13.0 Å². The molecule has 0 radical (unpaired) electrons. The molecule has 5 aromatic rings. The highest BCUT2D eigenvalue weighted by atomic mass is 15.5. The fourth-order valence-corrected chi connectivity index (χ4v) is 4.80. The fraction of sp³-hybridized carbons (Fsp3) is 0.308. The lowest BCUT2D eigenvalue weighted by Gasteiger charge is -2.32. The highest BCUT2D eigenvalue weighted by molar-refractivity contribution is 5.82. The Morgan fingerprint density at radius 2 is 1.80 bits per heavy atom. The monoisotopic (exact) mass is 465 g/mol. The zero-order valence-corrected chi connectivity index (χ0v) is 19.7. The molecule has 0 N–H and O–H groups in total. The predicted molar refractivity (Wildman–Crippen MR) is 134 cm³/mol.